The van der Waals surface area contributed by atoms with Crippen molar-refractivity contribution in [1.29, 1.82) is 0 Å². The van der Waals surface area contributed by atoms with Crippen LogP contribution in [0.2, 0.25) is 0 Å². The molecule has 1 saturated heterocycles. The Labute approximate surface area is 123 Å². The monoisotopic (exact) mass is 295 g/mol. The van der Waals surface area contributed by atoms with Crippen LogP contribution in [0.1, 0.15) is 35.6 Å². The van der Waals surface area contributed by atoms with Gasteiger partial charge in [-0.2, -0.15) is 0 Å². The molecule has 110 valence electrons. The molecule has 1 aromatic rings. The molecule has 0 bridgehead atoms. The number of nitrogens with one attached hydrogen (secondary N) is 2. The van der Waals surface area contributed by atoms with Crippen LogP contribution < -0.4 is 10.6 Å². The molecular formula is C14H21N3O2S. The van der Waals surface area contributed by atoms with Gasteiger partial charge in [0.05, 0.1) is 6.04 Å². The Morgan fingerprint density at radius 3 is 2.80 bits per heavy atom. The van der Waals surface area contributed by atoms with Crippen LogP contribution in [0.3, 0.4) is 0 Å². The average Bonchev–Trinajstić information content (AvgIpc) is 3.06. The molecule has 1 aromatic heterocycles. The number of likely N-dealkylation sites (tertiary alicyclic amines) is 1. The molecule has 6 heteroatoms. The zero-order chi connectivity index (χ0) is 14.7. The maximum atomic E-state index is 12.3. The predicted molar refractivity (Wildman–Crippen MR) is 79.8 cm³/mol. The van der Waals surface area contributed by atoms with E-state index in [2.05, 4.69) is 10.6 Å². The summed E-state index contributed by atoms with van der Waals surface area (Å²) in [6, 6.07) is 3.55. The molecule has 1 fully saturated rings. The highest BCUT2D eigenvalue weighted by Crippen LogP contribution is 2.23. The number of thiophene rings is 1. The molecule has 0 radical (unpaired) electrons. The van der Waals surface area contributed by atoms with Crippen molar-refractivity contribution < 1.29 is 9.59 Å². The van der Waals surface area contributed by atoms with E-state index in [9.17, 15) is 9.59 Å². The Balaban J connectivity index is 1.99. The van der Waals surface area contributed by atoms with E-state index in [1.165, 1.54) is 4.88 Å². The first-order chi connectivity index (χ1) is 9.52. The summed E-state index contributed by atoms with van der Waals surface area (Å²) in [6.07, 6.45) is 1.61. The summed E-state index contributed by atoms with van der Waals surface area (Å²) >= 11 is 1.68. The van der Waals surface area contributed by atoms with Gasteiger partial charge in [0.2, 0.25) is 5.91 Å². The van der Waals surface area contributed by atoms with Gasteiger partial charge in [-0.15, -0.1) is 11.3 Å². The van der Waals surface area contributed by atoms with Crippen LogP contribution >= 0.6 is 11.3 Å². The third-order valence-electron chi connectivity index (χ3n) is 3.59. The van der Waals surface area contributed by atoms with E-state index in [4.69, 9.17) is 0 Å². The van der Waals surface area contributed by atoms with E-state index in [-0.39, 0.29) is 24.0 Å². The molecule has 0 aromatic carbocycles. The number of amides is 3. The van der Waals surface area contributed by atoms with Gasteiger partial charge in [-0.1, -0.05) is 0 Å². The van der Waals surface area contributed by atoms with Gasteiger partial charge in [0.1, 0.15) is 6.04 Å². The minimum Gasteiger partial charge on any atom is -0.357 e. The Kier molecular flexibility index (Phi) is 4.65. The highest BCUT2D eigenvalue weighted by atomic mass is 32.1. The molecule has 0 aliphatic carbocycles. The molecule has 1 aliphatic heterocycles. The number of aryl methyl sites for hydroxylation is 1. The molecule has 2 N–H and O–H groups in total. The van der Waals surface area contributed by atoms with Crippen molar-refractivity contribution in [1.82, 2.24) is 15.5 Å². The fraction of sp³-hybridized carbons (Fsp3) is 0.571. The van der Waals surface area contributed by atoms with Gasteiger partial charge in [-0.3, -0.25) is 4.79 Å². The van der Waals surface area contributed by atoms with Gasteiger partial charge < -0.3 is 15.5 Å². The van der Waals surface area contributed by atoms with Crippen molar-refractivity contribution >= 4 is 23.3 Å². The van der Waals surface area contributed by atoms with Crippen molar-refractivity contribution in [2.24, 2.45) is 0 Å². The third-order valence-corrected chi connectivity index (χ3v) is 4.77. The van der Waals surface area contributed by atoms with E-state index < -0.39 is 0 Å². The fourth-order valence-electron chi connectivity index (χ4n) is 2.47. The summed E-state index contributed by atoms with van der Waals surface area (Å²) in [6.45, 7) is 4.65. The third kappa shape index (κ3) is 3.12. The van der Waals surface area contributed by atoms with Crippen LogP contribution in [0.25, 0.3) is 0 Å². The van der Waals surface area contributed by atoms with Crippen LogP contribution in [0.5, 0.6) is 0 Å². The number of carbonyl (C=O) groups is 2. The van der Waals surface area contributed by atoms with Crippen LogP contribution in [-0.2, 0) is 4.79 Å². The minimum absolute atomic E-state index is 0.0351. The van der Waals surface area contributed by atoms with Crippen LogP contribution in [0, 0.1) is 6.92 Å². The highest BCUT2D eigenvalue weighted by molar-refractivity contribution is 7.12. The lowest BCUT2D eigenvalue weighted by atomic mass is 10.2. The van der Waals surface area contributed by atoms with E-state index in [1.807, 2.05) is 26.0 Å². The number of nitrogens with zero attached hydrogens (tertiary/aromatic N) is 1. The molecule has 0 unspecified atom stereocenters. The first-order valence-electron chi connectivity index (χ1n) is 6.88. The zero-order valence-electron chi connectivity index (χ0n) is 12.1. The van der Waals surface area contributed by atoms with E-state index in [1.54, 1.807) is 23.3 Å². The zero-order valence-corrected chi connectivity index (χ0v) is 12.9. The van der Waals surface area contributed by atoms with Gasteiger partial charge in [-0.05, 0) is 38.8 Å². The summed E-state index contributed by atoms with van der Waals surface area (Å²) in [5.74, 6) is -0.0859. The predicted octanol–water partition coefficient (Wildman–Crippen LogP) is 2.04. The number of hydrogen-bond acceptors (Lipinski definition) is 3. The highest BCUT2D eigenvalue weighted by Gasteiger charge is 2.34. The normalized spacial score (nSPS) is 19.8. The fourth-order valence-corrected chi connectivity index (χ4v) is 3.35. The molecule has 2 atom stereocenters. The van der Waals surface area contributed by atoms with Crippen LogP contribution in [0.4, 0.5) is 4.79 Å². The van der Waals surface area contributed by atoms with Crippen LogP contribution in [0.15, 0.2) is 12.1 Å². The number of rotatable bonds is 3. The first-order valence-corrected chi connectivity index (χ1v) is 7.69. The van der Waals surface area contributed by atoms with E-state index >= 15 is 0 Å². The molecule has 20 heavy (non-hydrogen) atoms. The topological polar surface area (TPSA) is 61.4 Å². The Morgan fingerprint density at radius 1 is 1.45 bits per heavy atom. The maximum Gasteiger partial charge on any atom is 0.318 e. The molecule has 0 spiro atoms. The van der Waals surface area contributed by atoms with Gasteiger partial charge in [0.25, 0.3) is 0 Å². The van der Waals surface area contributed by atoms with Crippen molar-refractivity contribution in [3.8, 4) is 0 Å². The van der Waals surface area contributed by atoms with E-state index in [0.717, 1.165) is 17.7 Å². The van der Waals surface area contributed by atoms with Crippen molar-refractivity contribution in [2.45, 2.75) is 38.8 Å². The Hall–Kier alpha value is -1.56. The smallest absolute Gasteiger partial charge is 0.318 e. The maximum absolute atomic E-state index is 12.3. The lowest BCUT2D eigenvalue weighted by Crippen LogP contribution is -2.49. The Morgan fingerprint density at radius 2 is 2.20 bits per heavy atom. The summed E-state index contributed by atoms with van der Waals surface area (Å²) in [4.78, 5) is 28.1. The number of likely N-dealkylation sites (N-methyl/N-ethyl adjacent to an activating group) is 1. The summed E-state index contributed by atoms with van der Waals surface area (Å²) in [7, 11) is 1.60. The van der Waals surface area contributed by atoms with Gasteiger partial charge >= 0.3 is 6.03 Å². The largest absolute Gasteiger partial charge is 0.357 e. The Bertz CT molecular complexity index is 500. The SMILES string of the molecule is CNC(=O)[C@@H]1CCCN1C(=O)N[C@H](C)c1ccc(C)s1. The quantitative estimate of drug-likeness (QED) is 0.896. The molecule has 1 aliphatic rings. The number of hydrogen-bond donors (Lipinski definition) is 2. The van der Waals surface area contributed by atoms with Gasteiger partial charge in [0.15, 0.2) is 0 Å². The average molecular weight is 295 g/mol. The number of urea groups is 1. The van der Waals surface area contributed by atoms with E-state index in [0.29, 0.717) is 6.54 Å². The number of carbonyl (C=O) groups excluding carboxylic acids is 2. The first kappa shape index (κ1) is 14.8. The minimum atomic E-state index is -0.336. The second-order valence-electron chi connectivity index (χ2n) is 5.09. The summed E-state index contributed by atoms with van der Waals surface area (Å²) in [5.41, 5.74) is 0. The van der Waals surface area contributed by atoms with Gasteiger partial charge in [-0.25, -0.2) is 4.79 Å². The second kappa shape index (κ2) is 6.26. The molecule has 5 nitrogen and oxygen atoms in total. The van der Waals surface area contributed by atoms with Crippen LogP contribution in [-0.4, -0.2) is 36.5 Å². The van der Waals surface area contributed by atoms with Crippen molar-refractivity contribution in [2.75, 3.05) is 13.6 Å². The standard InChI is InChI=1S/C14H21N3O2S/c1-9-6-7-12(20-9)10(2)16-14(19)17-8-4-5-11(17)13(18)15-3/h6-7,10-11H,4-5,8H2,1-3H3,(H,15,18)(H,16,19)/t10-,11+/m1/s1. The van der Waals surface area contributed by atoms with Crippen molar-refractivity contribution in [3.05, 3.63) is 21.9 Å². The summed E-state index contributed by atoms with van der Waals surface area (Å²) in [5, 5.41) is 5.60. The molecule has 0 saturated carbocycles. The molecular weight excluding hydrogens is 274 g/mol. The van der Waals surface area contributed by atoms with Gasteiger partial charge in [0, 0.05) is 23.3 Å². The second-order valence-corrected chi connectivity index (χ2v) is 6.40. The lowest BCUT2D eigenvalue weighted by molar-refractivity contribution is -0.124. The molecule has 3 amide bonds. The summed E-state index contributed by atoms with van der Waals surface area (Å²) < 4.78 is 0. The van der Waals surface area contributed by atoms with Crippen molar-refractivity contribution in [3.63, 3.8) is 0 Å². The molecule has 2 heterocycles. The molecule has 2 rings (SSSR count). The lowest BCUT2D eigenvalue weighted by Gasteiger charge is -2.25.